The molecule has 0 bridgehead atoms. The maximum Gasteiger partial charge on any atom is 0.344 e. The van der Waals surface area contributed by atoms with Crippen molar-refractivity contribution < 1.29 is 28.3 Å². The average molecular weight is 261 g/mol. The Bertz CT molecular complexity index is 491. The fraction of sp³-hybridized carbons (Fsp3) is 0.300. The van der Waals surface area contributed by atoms with E-state index in [0.29, 0.717) is 12.1 Å². The highest BCUT2D eigenvalue weighted by Gasteiger charge is 2.23. The topological polar surface area (TPSA) is 89.7 Å². The van der Waals surface area contributed by atoms with E-state index in [-0.39, 0.29) is 6.42 Å². The van der Waals surface area contributed by atoms with E-state index < -0.39 is 40.1 Å². The minimum Gasteiger partial charge on any atom is -0.479 e. The van der Waals surface area contributed by atoms with Crippen molar-refractivity contribution in [2.75, 3.05) is 0 Å². The predicted molar refractivity (Wildman–Crippen MR) is 55.4 cm³/mol. The van der Waals surface area contributed by atoms with E-state index in [1.807, 2.05) is 0 Å². The number of carboxylic acids is 1. The zero-order valence-electron chi connectivity index (χ0n) is 9.22. The lowest BCUT2D eigenvalue weighted by Gasteiger charge is -2.13. The molecular formula is C10H9F2NO5. The summed E-state index contributed by atoms with van der Waals surface area (Å²) in [7, 11) is 0. The van der Waals surface area contributed by atoms with Crippen molar-refractivity contribution in [1.82, 2.24) is 0 Å². The maximum atomic E-state index is 13.4. The molecule has 6 nitrogen and oxygen atoms in total. The van der Waals surface area contributed by atoms with Gasteiger partial charge in [-0.15, -0.1) is 0 Å². The molecule has 0 heterocycles. The van der Waals surface area contributed by atoms with Gasteiger partial charge in [0.05, 0.1) is 11.0 Å². The van der Waals surface area contributed by atoms with Crippen LogP contribution in [0, 0.1) is 21.7 Å². The van der Waals surface area contributed by atoms with Gasteiger partial charge < -0.3 is 9.84 Å². The highest BCUT2D eigenvalue weighted by atomic mass is 19.1. The summed E-state index contributed by atoms with van der Waals surface area (Å²) < 4.78 is 31.3. The van der Waals surface area contributed by atoms with Gasteiger partial charge in [-0.05, 0) is 6.42 Å². The Balaban J connectivity index is 3.08. The summed E-state index contributed by atoms with van der Waals surface area (Å²) >= 11 is 0. The van der Waals surface area contributed by atoms with E-state index in [4.69, 9.17) is 9.84 Å². The number of nitro benzene ring substituents is 1. The van der Waals surface area contributed by atoms with Crippen LogP contribution in [0.25, 0.3) is 0 Å². The van der Waals surface area contributed by atoms with Crippen molar-refractivity contribution in [2.24, 2.45) is 0 Å². The van der Waals surface area contributed by atoms with Gasteiger partial charge in [-0.3, -0.25) is 10.1 Å². The van der Waals surface area contributed by atoms with Gasteiger partial charge >= 0.3 is 11.7 Å². The summed E-state index contributed by atoms with van der Waals surface area (Å²) in [5, 5.41) is 19.0. The molecule has 18 heavy (non-hydrogen) atoms. The Hall–Kier alpha value is -2.25. The van der Waals surface area contributed by atoms with Crippen molar-refractivity contribution >= 4 is 11.7 Å². The lowest BCUT2D eigenvalue weighted by Crippen LogP contribution is -2.26. The van der Waals surface area contributed by atoms with Gasteiger partial charge in [0.2, 0.25) is 5.82 Å². The number of ether oxygens (including phenoxy) is 1. The summed E-state index contributed by atoms with van der Waals surface area (Å²) in [5.41, 5.74) is -1.04. The highest BCUT2D eigenvalue weighted by Crippen LogP contribution is 2.27. The monoisotopic (exact) mass is 261 g/mol. The van der Waals surface area contributed by atoms with E-state index >= 15 is 0 Å². The first-order chi connectivity index (χ1) is 8.36. The van der Waals surface area contributed by atoms with Crippen LogP contribution in [-0.4, -0.2) is 22.1 Å². The van der Waals surface area contributed by atoms with Crippen molar-refractivity contribution in [3.05, 3.63) is 33.9 Å². The number of hydrogen-bond acceptors (Lipinski definition) is 4. The fourth-order valence-electron chi connectivity index (χ4n) is 1.21. The second kappa shape index (κ2) is 5.39. The average Bonchev–Trinajstić information content (AvgIpc) is 2.28. The summed E-state index contributed by atoms with van der Waals surface area (Å²) in [6.45, 7) is 1.48. The summed E-state index contributed by atoms with van der Waals surface area (Å²) in [6, 6.07) is 0.804. The maximum absolute atomic E-state index is 13.4. The fourth-order valence-corrected chi connectivity index (χ4v) is 1.21. The SMILES string of the molecule is CCC(Oc1cc(F)c([N+](=O)[O-])cc1F)C(=O)O. The van der Waals surface area contributed by atoms with Gasteiger partial charge in [-0.2, -0.15) is 4.39 Å². The molecule has 0 saturated heterocycles. The molecule has 0 fully saturated rings. The molecule has 0 saturated carbocycles. The molecule has 0 aliphatic heterocycles. The Morgan fingerprint density at radius 3 is 2.56 bits per heavy atom. The smallest absolute Gasteiger partial charge is 0.344 e. The molecule has 0 aromatic heterocycles. The number of aliphatic carboxylic acids is 1. The molecule has 1 aromatic rings. The molecule has 1 rings (SSSR count). The lowest BCUT2D eigenvalue weighted by atomic mass is 10.2. The van der Waals surface area contributed by atoms with Gasteiger partial charge in [0.25, 0.3) is 0 Å². The second-order valence-electron chi connectivity index (χ2n) is 3.34. The molecule has 1 aromatic carbocycles. The van der Waals surface area contributed by atoms with Crippen LogP contribution in [0.3, 0.4) is 0 Å². The van der Waals surface area contributed by atoms with Crippen LogP contribution >= 0.6 is 0 Å². The van der Waals surface area contributed by atoms with E-state index in [2.05, 4.69) is 0 Å². The molecule has 1 atom stereocenters. The van der Waals surface area contributed by atoms with Crippen molar-refractivity contribution in [2.45, 2.75) is 19.4 Å². The predicted octanol–water partition coefficient (Wildman–Crippen LogP) is 2.11. The van der Waals surface area contributed by atoms with Gasteiger partial charge in [0, 0.05) is 6.07 Å². The summed E-state index contributed by atoms with van der Waals surface area (Å²) in [4.78, 5) is 19.9. The minimum atomic E-state index is -1.35. The molecule has 1 N–H and O–H groups in total. The Morgan fingerprint density at radius 1 is 1.50 bits per heavy atom. The van der Waals surface area contributed by atoms with E-state index in [0.717, 1.165) is 0 Å². The second-order valence-corrected chi connectivity index (χ2v) is 3.34. The molecule has 8 heteroatoms. The normalized spacial score (nSPS) is 11.9. The number of nitro groups is 1. The van der Waals surface area contributed by atoms with Crippen molar-refractivity contribution in [1.29, 1.82) is 0 Å². The third kappa shape index (κ3) is 2.90. The highest BCUT2D eigenvalue weighted by molar-refractivity contribution is 5.72. The van der Waals surface area contributed by atoms with Crippen LogP contribution in [0.2, 0.25) is 0 Å². The van der Waals surface area contributed by atoms with Gasteiger partial charge in [0.1, 0.15) is 0 Å². The van der Waals surface area contributed by atoms with Crippen molar-refractivity contribution in [3.63, 3.8) is 0 Å². The molecular weight excluding hydrogens is 252 g/mol. The minimum absolute atomic E-state index is 0.0351. The van der Waals surface area contributed by atoms with E-state index in [1.54, 1.807) is 0 Å². The number of benzene rings is 1. The molecule has 0 aliphatic carbocycles. The molecule has 0 amide bonds. The Morgan fingerprint density at radius 2 is 2.11 bits per heavy atom. The molecule has 0 radical (unpaired) electrons. The number of hydrogen-bond donors (Lipinski definition) is 1. The quantitative estimate of drug-likeness (QED) is 0.647. The van der Waals surface area contributed by atoms with Crippen LogP contribution in [0.1, 0.15) is 13.3 Å². The Kier molecular flexibility index (Phi) is 4.13. The zero-order valence-corrected chi connectivity index (χ0v) is 9.22. The first-order valence-corrected chi connectivity index (χ1v) is 4.89. The van der Waals surface area contributed by atoms with Gasteiger partial charge in [-0.25, -0.2) is 9.18 Å². The van der Waals surface area contributed by atoms with Crippen LogP contribution in [0.15, 0.2) is 12.1 Å². The Labute approximate surface area is 99.9 Å². The summed E-state index contributed by atoms with van der Waals surface area (Å²) in [6.07, 6.45) is -1.31. The number of halogens is 2. The van der Waals surface area contributed by atoms with Crippen molar-refractivity contribution in [3.8, 4) is 5.75 Å². The summed E-state index contributed by atoms with van der Waals surface area (Å²) in [5.74, 6) is -4.50. The van der Waals surface area contributed by atoms with Crippen LogP contribution in [-0.2, 0) is 4.79 Å². The van der Waals surface area contributed by atoms with Gasteiger partial charge in [0.15, 0.2) is 17.7 Å². The number of rotatable bonds is 5. The third-order valence-electron chi connectivity index (χ3n) is 2.11. The largest absolute Gasteiger partial charge is 0.479 e. The van der Waals surface area contributed by atoms with Gasteiger partial charge in [-0.1, -0.05) is 6.92 Å². The molecule has 1 unspecified atom stereocenters. The third-order valence-corrected chi connectivity index (χ3v) is 2.11. The van der Waals surface area contributed by atoms with Crippen LogP contribution < -0.4 is 4.74 Å². The molecule has 98 valence electrons. The van der Waals surface area contributed by atoms with E-state index in [1.165, 1.54) is 6.92 Å². The lowest BCUT2D eigenvalue weighted by molar-refractivity contribution is -0.387. The first kappa shape index (κ1) is 13.8. The van der Waals surface area contributed by atoms with Crippen LogP contribution in [0.5, 0.6) is 5.75 Å². The number of carbonyl (C=O) groups is 1. The number of nitrogens with zero attached hydrogens (tertiary/aromatic N) is 1. The van der Waals surface area contributed by atoms with Crippen LogP contribution in [0.4, 0.5) is 14.5 Å². The standard InChI is InChI=1S/C10H9F2NO5/c1-2-8(10(14)15)18-9-4-5(11)7(13(16)17)3-6(9)12/h3-4,8H,2H2,1H3,(H,14,15). The first-order valence-electron chi connectivity index (χ1n) is 4.89. The zero-order chi connectivity index (χ0) is 13.9. The number of carboxylic acid groups (broad SMARTS) is 1. The molecule has 0 aliphatic rings. The molecule has 0 spiro atoms. The van der Waals surface area contributed by atoms with E-state index in [9.17, 15) is 23.7 Å².